The van der Waals surface area contributed by atoms with Crippen molar-refractivity contribution in [3.63, 3.8) is 0 Å². The lowest BCUT2D eigenvalue weighted by atomic mass is 10.00. The van der Waals surface area contributed by atoms with Gasteiger partial charge in [0.25, 0.3) is 0 Å². The molecule has 0 aliphatic carbocycles. The Balaban J connectivity index is 2.67. The monoisotopic (exact) mass is 250 g/mol. The van der Waals surface area contributed by atoms with Crippen LogP contribution in [0.25, 0.3) is 0 Å². The second-order valence-corrected chi connectivity index (χ2v) is 4.32. The van der Waals surface area contributed by atoms with Crippen molar-refractivity contribution in [2.45, 2.75) is 39.5 Å². The molecule has 0 saturated heterocycles. The Morgan fingerprint density at radius 1 is 1.22 bits per heavy atom. The predicted octanol–water partition coefficient (Wildman–Crippen LogP) is 3.82. The van der Waals surface area contributed by atoms with Gasteiger partial charge in [0.15, 0.2) is 11.5 Å². The molecule has 3 nitrogen and oxygen atoms in total. The second kappa shape index (κ2) is 7.75. The third-order valence-corrected chi connectivity index (χ3v) is 3.01. The fourth-order valence-corrected chi connectivity index (χ4v) is 1.83. The van der Waals surface area contributed by atoms with Crippen molar-refractivity contribution in [3.8, 4) is 11.5 Å². The van der Waals surface area contributed by atoms with Crippen molar-refractivity contribution in [2.24, 2.45) is 5.92 Å². The maximum absolute atomic E-state index is 12.0. The molecule has 0 radical (unpaired) electrons. The van der Waals surface area contributed by atoms with E-state index in [4.69, 9.17) is 9.47 Å². The molecular weight excluding hydrogens is 228 g/mol. The number of rotatable bonds is 7. The number of hydrogen-bond acceptors (Lipinski definition) is 3. The van der Waals surface area contributed by atoms with Crippen LogP contribution in [0, 0.1) is 5.92 Å². The number of hydrogen-bond donors (Lipinski definition) is 0. The number of benzene rings is 1. The summed E-state index contributed by atoms with van der Waals surface area (Å²) in [7, 11) is 1.57. The van der Waals surface area contributed by atoms with Gasteiger partial charge in [-0.05, 0) is 25.0 Å². The molecule has 0 saturated carbocycles. The van der Waals surface area contributed by atoms with Gasteiger partial charge in [-0.15, -0.1) is 0 Å². The topological polar surface area (TPSA) is 35.5 Å². The summed E-state index contributed by atoms with van der Waals surface area (Å²) in [6, 6.07) is 7.22. The van der Waals surface area contributed by atoms with Crippen LogP contribution < -0.4 is 9.47 Å². The van der Waals surface area contributed by atoms with Crippen molar-refractivity contribution < 1.29 is 14.3 Å². The molecule has 3 heteroatoms. The van der Waals surface area contributed by atoms with Gasteiger partial charge in [-0.3, -0.25) is 4.79 Å². The highest BCUT2D eigenvalue weighted by Gasteiger charge is 2.19. The zero-order valence-electron chi connectivity index (χ0n) is 11.4. The Morgan fingerprint density at radius 2 is 1.89 bits per heavy atom. The average Bonchev–Trinajstić information content (AvgIpc) is 2.40. The summed E-state index contributed by atoms with van der Waals surface area (Å²) in [5, 5.41) is 0. The molecule has 0 aromatic heterocycles. The van der Waals surface area contributed by atoms with Gasteiger partial charge >= 0.3 is 5.97 Å². The highest BCUT2D eigenvalue weighted by atomic mass is 16.6. The highest BCUT2D eigenvalue weighted by molar-refractivity contribution is 5.75. The van der Waals surface area contributed by atoms with Crippen LogP contribution in [0.5, 0.6) is 11.5 Å². The molecule has 0 amide bonds. The lowest BCUT2D eigenvalue weighted by Crippen LogP contribution is -2.20. The van der Waals surface area contributed by atoms with Gasteiger partial charge in [0.05, 0.1) is 13.0 Å². The number of methoxy groups -OCH3 is 1. The largest absolute Gasteiger partial charge is 0.493 e. The lowest BCUT2D eigenvalue weighted by Gasteiger charge is -2.14. The molecule has 1 unspecified atom stereocenters. The Bertz CT molecular complexity index is 374. The lowest BCUT2D eigenvalue weighted by molar-refractivity contribution is -0.139. The van der Waals surface area contributed by atoms with E-state index in [-0.39, 0.29) is 11.9 Å². The van der Waals surface area contributed by atoms with E-state index < -0.39 is 0 Å². The average molecular weight is 250 g/mol. The molecule has 100 valence electrons. The minimum absolute atomic E-state index is 0.0186. The molecule has 0 heterocycles. The van der Waals surface area contributed by atoms with Crippen molar-refractivity contribution in [1.29, 1.82) is 0 Å². The van der Waals surface area contributed by atoms with E-state index in [1.807, 2.05) is 19.1 Å². The Morgan fingerprint density at radius 3 is 2.44 bits per heavy atom. The predicted molar refractivity (Wildman–Crippen MR) is 71.9 cm³/mol. The SMILES string of the molecule is CCCCC(CC)C(=O)Oc1ccccc1OC. The van der Waals surface area contributed by atoms with Crippen LogP contribution in [-0.4, -0.2) is 13.1 Å². The summed E-state index contributed by atoms with van der Waals surface area (Å²) in [5.74, 6) is 0.918. The molecule has 0 aliphatic heterocycles. The number of para-hydroxylation sites is 2. The van der Waals surface area contributed by atoms with Crippen LogP contribution in [0.4, 0.5) is 0 Å². The van der Waals surface area contributed by atoms with Gasteiger partial charge in [-0.2, -0.15) is 0 Å². The van der Waals surface area contributed by atoms with Gasteiger partial charge in [0.1, 0.15) is 0 Å². The fourth-order valence-electron chi connectivity index (χ4n) is 1.83. The van der Waals surface area contributed by atoms with Crippen LogP contribution in [-0.2, 0) is 4.79 Å². The third kappa shape index (κ3) is 4.06. The van der Waals surface area contributed by atoms with E-state index >= 15 is 0 Å². The Kier molecular flexibility index (Phi) is 6.26. The third-order valence-electron chi connectivity index (χ3n) is 3.01. The summed E-state index contributed by atoms with van der Waals surface area (Å²) in [5.41, 5.74) is 0. The quantitative estimate of drug-likeness (QED) is 0.545. The van der Waals surface area contributed by atoms with E-state index in [1.54, 1.807) is 19.2 Å². The number of carbonyl (C=O) groups is 1. The molecule has 0 fully saturated rings. The first-order chi connectivity index (χ1) is 8.72. The maximum atomic E-state index is 12.0. The molecule has 0 N–H and O–H groups in total. The van der Waals surface area contributed by atoms with E-state index in [2.05, 4.69) is 6.92 Å². The van der Waals surface area contributed by atoms with Crippen molar-refractivity contribution in [2.75, 3.05) is 7.11 Å². The van der Waals surface area contributed by atoms with Gasteiger partial charge < -0.3 is 9.47 Å². The Labute approximate surface area is 109 Å². The zero-order valence-corrected chi connectivity index (χ0v) is 11.4. The summed E-state index contributed by atoms with van der Waals surface area (Å²) >= 11 is 0. The van der Waals surface area contributed by atoms with Crippen LogP contribution >= 0.6 is 0 Å². The molecule has 0 aliphatic rings. The first-order valence-corrected chi connectivity index (χ1v) is 6.57. The van der Waals surface area contributed by atoms with E-state index in [9.17, 15) is 4.79 Å². The first-order valence-electron chi connectivity index (χ1n) is 6.57. The van der Waals surface area contributed by atoms with Gasteiger partial charge in [-0.25, -0.2) is 0 Å². The molecular formula is C15H22O3. The van der Waals surface area contributed by atoms with Crippen molar-refractivity contribution >= 4 is 5.97 Å². The molecule has 1 aromatic rings. The van der Waals surface area contributed by atoms with E-state index in [0.29, 0.717) is 11.5 Å². The van der Waals surface area contributed by atoms with Crippen LogP contribution in [0.15, 0.2) is 24.3 Å². The fraction of sp³-hybridized carbons (Fsp3) is 0.533. The zero-order chi connectivity index (χ0) is 13.4. The van der Waals surface area contributed by atoms with Crippen LogP contribution in [0.1, 0.15) is 39.5 Å². The standard InChI is InChI=1S/C15H22O3/c1-4-6-9-12(5-2)15(16)18-14-11-8-7-10-13(14)17-3/h7-8,10-12H,4-6,9H2,1-3H3. The van der Waals surface area contributed by atoms with E-state index in [1.165, 1.54) is 0 Å². The molecule has 1 aromatic carbocycles. The number of unbranched alkanes of at least 4 members (excludes halogenated alkanes) is 1. The highest BCUT2D eigenvalue weighted by Crippen LogP contribution is 2.27. The summed E-state index contributed by atoms with van der Waals surface area (Å²) < 4.78 is 10.6. The Hall–Kier alpha value is -1.51. The summed E-state index contributed by atoms with van der Waals surface area (Å²) in [6.07, 6.45) is 3.85. The van der Waals surface area contributed by atoms with Crippen LogP contribution in [0.3, 0.4) is 0 Å². The second-order valence-electron chi connectivity index (χ2n) is 4.32. The van der Waals surface area contributed by atoms with Crippen molar-refractivity contribution in [3.05, 3.63) is 24.3 Å². The molecule has 1 rings (SSSR count). The van der Waals surface area contributed by atoms with Gasteiger partial charge in [0, 0.05) is 0 Å². The number of carbonyl (C=O) groups excluding carboxylic acids is 1. The smallest absolute Gasteiger partial charge is 0.314 e. The molecule has 0 spiro atoms. The minimum atomic E-state index is -0.157. The molecule has 18 heavy (non-hydrogen) atoms. The first kappa shape index (κ1) is 14.6. The molecule has 0 bridgehead atoms. The maximum Gasteiger partial charge on any atom is 0.314 e. The molecule has 1 atom stereocenters. The van der Waals surface area contributed by atoms with Gasteiger partial charge in [0.2, 0.25) is 0 Å². The summed E-state index contributed by atoms with van der Waals surface area (Å²) in [4.78, 5) is 12.0. The summed E-state index contributed by atoms with van der Waals surface area (Å²) in [6.45, 7) is 4.14. The normalized spacial score (nSPS) is 11.9. The minimum Gasteiger partial charge on any atom is -0.493 e. The van der Waals surface area contributed by atoms with E-state index in [0.717, 1.165) is 25.7 Å². The number of ether oxygens (including phenoxy) is 2. The van der Waals surface area contributed by atoms with Crippen molar-refractivity contribution in [1.82, 2.24) is 0 Å². The number of esters is 1. The van der Waals surface area contributed by atoms with Crippen LogP contribution in [0.2, 0.25) is 0 Å². The van der Waals surface area contributed by atoms with Gasteiger partial charge in [-0.1, -0.05) is 38.8 Å².